The normalized spacial score (nSPS) is 26.8. The summed E-state index contributed by atoms with van der Waals surface area (Å²) in [7, 11) is 1.93. The molecule has 2 aliphatic heterocycles. The highest BCUT2D eigenvalue weighted by molar-refractivity contribution is 5.84. The summed E-state index contributed by atoms with van der Waals surface area (Å²) < 4.78 is 48.0. The molecule has 6 atom stereocenters. The van der Waals surface area contributed by atoms with Crippen molar-refractivity contribution in [3.05, 3.63) is 40.7 Å². The molecule has 1 spiro atoms. The maximum absolute atomic E-state index is 12.8. The molecule has 44 heavy (non-hydrogen) atoms. The molecule has 1 saturated heterocycles. The first-order chi connectivity index (χ1) is 19.9. The molecule has 4 N–H and O–H groups in total. The number of likely N-dealkylation sites (tertiary alicyclic amines) is 1. The van der Waals surface area contributed by atoms with Crippen molar-refractivity contribution < 1.29 is 67.0 Å². The van der Waals surface area contributed by atoms with Gasteiger partial charge in [-0.05, 0) is 52.4 Å². The van der Waals surface area contributed by atoms with Crippen molar-refractivity contribution in [1.82, 2.24) is 4.90 Å². The van der Waals surface area contributed by atoms with Crippen molar-refractivity contribution >= 4 is 24.2 Å². The van der Waals surface area contributed by atoms with E-state index in [0.29, 0.717) is 24.3 Å². The number of fused-ring (bicyclic) bond motifs is 1. The first kappa shape index (κ1) is 36.7. The highest BCUT2D eigenvalue weighted by atomic mass is 19.4. The topological polar surface area (TPSA) is 180 Å². The zero-order chi connectivity index (χ0) is 32.5. The summed E-state index contributed by atoms with van der Waals surface area (Å²) in [5, 5.41) is 40.9. The zero-order valence-corrected chi connectivity index (χ0v) is 23.9. The average molecular weight is 634 g/mol. The van der Waals surface area contributed by atoms with Gasteiger partial charge in [-0.15, -0.1) is 0 Å². The van der Waals surface area contributed by atoms with Crippen LogP contribution in [-0.2, 0) is 40.7 Å². The fourth-order valence-corrected chi connectivity index (χ4v) is 5.94. The van der Waals surface area contributed by atoms with Crippen molar-refractivity contribution in [3.63, 3.8) is 0 Å². The van der Waals surface area contributed by atoms with Gasteiger partial charge in [0.15, 0.2) is 6.10 Å². The van der Waals surface area contributed by atoms with Gasteiger partial charge in [-0.25, -0.2) is 9.59 Å². The largest absolute Gasteiger partial charge is 0.481 e. The number of aliphatic carboxylic acids is 1. The number of rotatable bonds is 7. The van der Waals surface area contributed by atoms with Gasteiger partial charge in [-0.2, -0.15) is 13.2 Å². The fourth-order valence-electron chi connectivity index (χ4n) is 5.94. The minimum atomic E-state index is -4.64. The van der Waals surface area contributed by atoms with Gasteiger partial charge in [0.1, 0.15) is 17.6 Å². The average Bonchev–Trinajstić information content (AvgIpc) is 3.30. The lowest BCUT2D eigenvalue weighted by molar-refractivity contribution is -0.174. The molecule has 2 heterocycles. The maximum atomic E-state index is 12.8. The lowest BCUT2D eigenvalue weighted by Gasteiger charge is -2.58. The van der Waals surface area contributed by atoms with Crippen molar-refractivity contribution in [1.29, 1.82) is 0 Å². The lowest BCUT2D eigenvalue weighted by atomic mass is 9.54. The van der Waals surface area contributed by atoms with E-state index in [4.69, 9.17) is 19.0 Å². The molecule has 0 saturated carbocycles. The van der Waals surface area contributed by atoms with E-state index in [2.05, 4.69) is 4.90 Å². The van der Waals surface area contributed by atoms with Gasteiger partial charge in [0.25, 0.3) is 0 Å². The molecule has 12 nitrogen and oxygen atoms in total. The van der Waals surface area contributed by atoms with E-state index in [9.17, 15) is 48.0 Å². The monoisotopic (exact) mass is 633 g/mol. The molecule has 246 valence electrons. The Morgan fingerprint density at radius 1 is 1.27 bits per heavy atom. The number of nitrogens with zero attached hydrogens (tertiary/aromatic N) is 1. The summed E-state index contributed by atoms with van der Waals surface area (Å²) in [6.45, 7) is 5.30. The second-order valence-corrected chi connectivity index (χ2v) is 10.8. The third-order valence-electron chi connectivity index (χ3n) is 8.20. The predicted molar refractivity (Wildman–Crippen MR) is 146 cm³/mol. The number of esters is 2. The Bertz CT molecular complexity index is 1300. The van der Waals surface area contributed by atoms with E-state index < -0.39 is 66.1 Å². The third kappa shape index (κ3) is 6.75. The molecule has 0 bridgehead atoms. The van der Waals surface area contributed by atoms with Crippen molar-refractivity contribution in [2.24, 2.45) is 0 Å². The first-order valence-electron chi connectivity index (χ1n) is 13.3. The number of carboxylic acid groups (broad SMARTS) is 1. The van der Waals surface area contributed by atoms with Crippen LogP contribution >= 0.6 is 0 Å². The third-order valence-corrected chi connectivity index (χ3v) is 8.20. The summed E-state index contributed by atoms with van der Waals surface area (Å²) in [6, 6.07) is 3.34. The van der Waals surface area contributed by atoms with Gasteiger partial charge in [0.2, 0.25) is 12.4 Å². The zero-order valence-electron chi connectivity index (χ0n) is 23.9. The van der Waals surface area contributed by atoms with Crippen LogP contribution in [0.1, 0.15) is 57.2 Å². The van der Waals surface area contributed by atoms with Gasteiger partial charge in [-0.1, -0.05) is 19.6 Å². The van der Waals surface area contributed by atoms with Gasteiger partial charge in [0, 0.05) is 23.6 Å². The Balaban J connectivity index is 0.000000877. The number of aryl methyl sites for hydroxylation is 1. The first-order valence-corrected chi connectivity index (χ1v) is 13.3. The Hall–Kier alpha value is -3.53. The Kier molecular flexibility index (Phi) is 11.4. The molecule has 0 radical (unpaired) electrons. The fraction of sp³-hybridized carbons (Fsp3) is 0.586. The van der Waals surface area contributed by atoms with Gasteiger partial charge in [0.05, 0.1) is 24.0 Å². The number of carbonyl (C=O) groups is 4. The molecule has 1 aliphatic carbocycles. The number of benzene rings is 1. The van der Waals surface area contributed by atoms with E-state index in [0.717, 1.165) is 18.1 Å². The number of aliphatic hydroxyl groups is 3. The molecule has 1 aromatic carbocycles. The number of hydrogen-bond donors (Lipinski definition) is 4. The van der Waals surface area contributed by atoms with Gasteiger partial charge in [-0.3, -0.25) is 9.59 Å². The number of piperidine rings is 1. The standard InChI is InChI=1S/C26H33NO10.C2HF3O.CH4/c1-13-5-6-16(12-28)21-20(13)25-9-10-27(4)15(3)26(25,34)8-7-17(22(25)37-21)35-19(30)11-18(23(31)32)36-24(33)14(2)29;3-2(4,5)1-6;/h5-7,14-15,18,22,28-29,34H,8-12H2,1-4H3,(H,31,32);1H;1H4/t14-,15+,18-,22-,25-,26+;;/m0../s1. The van der Waals surface area contributed by atoms with Crippen LogP contribution in [0, 0.1) is 6.92 Å². The smallest absolute Gasteiger partial charge is 0.446 e. The van der Waals surface area contributed by atoms with Crippen LogP contribution < -0.4 is 4.74 Å². The van der Waals surface area contributed by atoms with Gasteiger partial charge >= 0.3 is 24.1 Å². The summed E-state index contributed by atoms with van der Waals surface area (Å²) in [5.41, 5.74) is -0.101. The highest BCUT2D eigenvalue weighted by Gasteiger charge is 2.69. The molecule has 4 rings (SSSR count). The second kappa shape index (κ2) is 13.6. The molecule has 1 aromatic rings. The number of aldehydes is 1. The molecule has 0 amide bonds. The Labute approximate surface area is 252 Å². The minimum absolute atomic E-state index is 0. The predicted octanol–water partition coefficient (Wildman–Crippen LogP) is 1.92. The molecule has 0 unspecified atom stereocenters. The van der Waals surface area contributed by atoms with E-state index in [1.165, 1.54) is 0 Å². The lowest BCUT2D eigenvalue weighted by Crippen LogP contribution is -2.71. The second-order valence-electron chi connectivity index (χ2n) is 10.8. The number of likely N-dealkylation sites (N-methyl/N-ethyl adjacent to an activating group) is 1. The summed E-state index contributed by atoms with van der Waals surface area (Å²) in [6.07, 6.45) is -8.60. The summed E-state index contributed by atoms with van der Waals surface area (Å²) in [5.74, 6) is -3.15. The molecular weight excluding hydrogens is 595 g/mol. The minimum Gasteiger partial charge on any atom is -0.481 e. The van der Waals surface area contributed by atoms with Crippen LogP contribution in [0.2, 0.25) is 0 Å². The molecular formula is C29H38F3NO11. The quantitative estimate of drug-likeness (QED) is 0.254. The molecule has 0 aromatic heterocycles. The maximum Gasteiger partial charge on any atom is 0.446 e. The van der Waals surface area contributed by atoms with E-state index in [1.807, 2.05) is 27.0 Å². The van der Waals surface area contributed by atoms with Crippen LogP contribution in [0.5, 0.6) is 5.75 Å². The van der Waals surface area contributed by atoms with Crippen LogP contribution in [-0.4, -0.2) is 99.2 Å². The number of alkyl halides is 3. The van der Waals surface area contributed by atoms with Crippen molar-refractivity contribution in [2.75, 3.05) is 13.6 Å². The molecule has 1 fully saturated rings. The van der Waals surface area contributed by atoms with Gasteiger partial charge < -0.3 is 39.5 Å². The number of ether oxygens (including phenoxy) is 3. The Morgan fingerprint density at radius 2 is 1.89 bits per heavy atom. The number of halogens is 3. The van der Waals surface area contributed by atoms with Crippen LogP contribution in [0.15, 0.2) is 24.0 Å². The van der Waals surface area contributed by atoms with E-state index in [1.54, 1.807) is 12.1 Å². The number of carbonyl (C=O) groups excluding carboxylic acids is 3. The molecule has 15 heteroatoms. The van der Waals surface area contributed by atoms with Crippen LogP contribution in [0.3, 0.4) is 0 Å². The van der Waals surface area contributed by atoms with E-state index in [-0.39, 0.29) is 32.3 Å². The highest BCUT2D eigenvalue weighted by Crippen LogP contribution is 2.61. The summed E-state index contributed by atoms with van der Waals surface area (Å²) in [4.78, 5) is 46.8. The Morgan fingerprint density at radius 3 is 2.41 bits per heavy atom. The van der Waals surface area contributed by atoms with Crippen molar-refractivity contribution in [2.45, 2.75) is 95.6 Å². The number of carboxylic acids is 1. The summed E-state index contributed by atoms with van der Waals surface area (Å²) >= 11 is 0. The van der Waals surface area contributed by atoms with Crippen LogP contribution in [0.4, 0.5) is 13.2 Å². The van der Waals surface area contributed by atoms with Crippen LogP contribution in [0.25, 0.3) is 0 Å². The SMILES string of the molecule is C.Cc1ccc(CO)c2c1[C@]13CCN(C)[C@H](C)[C@]1(O)CC=C(OC(=O)C[C@H](OC(=O)[C@H](C)O)C(=O)O)[C@@H]3O2.O=CC(F)(F)F. The number of hydrogen-bond acceptors (Lipinski definition) is 11. The van der Waals surface area contributed by atoms with E-state index >= 15 is 0 Å². The van der Waals surface area contributed by atoms with Crippen molar-refractivity contribution in [3.8, 4) is 5.75 Å². The molecule has 3 aliphatic rings. The number of aliphatic hydroxyl groups excluding tert-OH is 2.